The van der Waals surface area contributed by atoms with Crippen LogP contribution in [0.5, 0.6) is 0 Å². The fourth-order valence-electron chi connectivity index (χ4n) is 0.0787. The first-order valence-electron chi connectivity index (χ1n) is 1.43. The van der Waals surface area contributed by atoms with Gasteiger partial charge in [-0.3, -0.25) is 4.79 Å². The Labute approximate surface area is 60.8 Å². The van der Waals surface area contributed by atoms with E-state index in [1.807, 2.05) is 0 Å². The first kappa shape index (κ1) is 8.30. The molecule has 0 aromatic carbocycles. The largest absolute Gasteiger partial charge is 0.335 e. The molecule has 0 spiro atoms. The number of hydrogen-bond donors (Lipinski definition) is 1. The lowest BCUT2D eigenvalue weighted by molar-refractivity contribution is 0.0774. The van der Waals surface area contributed by atoms with Gasteiger partial charge in [-0.2, -0.15) is 0 Å². The zero-order valence-corrected chi connectivity index (χ0v) is 5.72. The fourth-order valence-corrected chi connectivity index (χ4v) is 0.194. The third-order valence-electron chi connectivity index (χ3n) is 0.208. The molecule has 0 saturated carbocycles. The Hall–Kier alpha value is 0.300. The number of halogens is 3. The Balaban J connectivity index is 3.24. The Morgan fingerprint density at radius 1 is 1.50 bits per heavy atom. The van der Waals surface area contributed by atoms with E-state index in [1.165, 1.54) is 0 Å². The second kappa shape index (κ2) is 3.35. The van der Waals surface area contributed by atoms with Crippen LogP contribution in [0.25, 0.3) is 0 Å². The van der Waals surface area contributed by atoms with Gasteiger partial charge in [0.05, 0.1) is 0 Å². The molecule has 0 heterocycles. The van der Waals surface area contributed by atoms with E-state index in [0.29, 0.717) is 0 Å². The number of hydrogen-bond acceptors (Lipinski definition) is 2. The summed E-state index contributed by atoms with van der Waals surface area (Å²) in [6.07, 6.45) is 1.15. The standard InChI is InChI=1S/C2HCl3NO2/c3-2(4,5)8-6-1-7/h(H,6,7). The number of carbonyl (C=O) groups excluding carboxylic acids is 1. The van der Waals surface area contributed by atoms with E-state index in [2.05, 4.69) is 4.84 Å². The summed E-state index contributed by atoms with van der Waals surface area (Å²) < 4.78 is -1.91. The Morgan fingerprint density at radius 2 is 2.00 bits per heavy atom. The zero-order valence-electron chi connectivity index (χ0n) is 3.45. The van der Waals surface area contributed by atoms with Crippen LogP contribution in [0.3, 0.4) is 0 Å². The second-order valence-electron chi connectivity index (χ2n) is 0.752. The van der Waals surface area contributed by atoms with Gasteiger partial charge in [0.1, 0.15) is 0 Å². The zero-order chi connectivity index (χ0) is 6.62. The van der Waals surface area contributed by atoms with Gasteiger partial charge in [-0.25, -0.2) is 10.3 Å². The van der Waals surface area contributed by atoms with Gasteiger partial charge in [0.25, 0.3) is 0 Å². The molecule has 0 aliphatic heterocycles. The minimum absolute atomic E-state index is 1.15. The molecule has 8 heavy (non-hydrogen) atoms. The van der Waals surface area contributed by atoms with Crippen molar-refractivity contribution in [1.82, 2.24) is 5.48 Å². The normalized spacial score (nSPS) is 10.9. The number of alkyl halides is 3. The van der Waals surface area contributed by atoms with Crippen molar-refractivity contribution in [3.05, 3.63) is 0 Å². The summed E-state index contributed by atoms with van der Waals surface area (Å²) in [6.45, 7) is 0. The maximum Gasteiger partial charge on any atom is 0.335 e. The minimum Gasteiger partial charge on any atom is -0.261 e. The van der Waals surface area contributed by atoms with E-state index in [0.717, 1.165) is 6.41 Å². The van der Waals surface area contributed by atoms with Gasteiger partial charge in [0.2, 0.25) is 0 Å². The van der Waals surface area contributed by atoms with Gasteiger partial charge in [0, 0.05) is 0 Å². The maximum absolute atomic E-state index is 9.31. The fraction of sp³-hybridized carbons (Fsp3) is 0.500. The molecular weight excluding hydrogens is 176 g/mol. The molecule has 0 atom stereocenters. The third kappa shape index (κ3) is 6.30. The quantitative estimate of drug-likeness (QED) is 0.387. The molecule has 0 fully saturated rings. The van der Waals surface area contributed by atoms with Crippen molar-refractivity contribution in [3.63, 3.8) is 0 Å². The molecule has 1 N–H and O–H groups in total. The van der Waals surface area contributed by atoms with Crippen molar-refractivity contribution in [2.24, 2.45) is 0 Å². The molecule has 0 aliphatic rings. The Morgan fingerprint density at radius 3 is 2.12 bits per heavy atom. The first-order chi connectivity index (χ1) is 3.56. The number of nitrogens with one attached hydrogen (secondary N) is 1. The average Bonchev–Trinajstić information content (AvgIpc) is 1.59. The summed E-state index contributed by atoms with van der Waals surface area (Å²) >= 11 is 14.9. The lowest BCUT2D eigenvalue weighted by Crippen LogP contribution is -2.21. The maximum atomic E-state index is 9.31. The van der Waals surface area contributed by atoms with E-state index < -0.39 is 3.98 Å². The third-order valence-corrected chi connectivity index (χ3v) is 0.440. The molecule has 0 aromatic heterocycles. The second-order valence-corrected chi connectivity index (χ2v) is 2.93. The highest BCUT2D eigenvalue weighted by Gasteiger charge is 2.20. The van der Waals surface area contributed by atoms with E-state index in [4.69, 9.17) is 34.8 Å². The molecule has 0 saturated heterocycles. The Kier molecular flexibility index (Phi) is 3.48. The van der Waals surface area contributed by atoms with Crippen molar-refractivity contribution < 1.29 is 9.63 Å². The van der Waals surface area contributed by atoms with Crippen LogP contribution in [0.15, 0.2) is 0 Å². The monoisotopic (exact) mass is 176 g/mol. The van der Waals surface area contributed by atoms with Crippen LogP contribution in [0.4, 0.5) is 0 Å². The summed E-state index contributed by atoms with van der Waals surface area (Å²) in [5.74, 6) is 0. The molecule has 1 amide bonds. The molecule has 0 aliphatic carbocycles. The predicted octanol–water partition coefficient (Wildman–Crippen LogP) is 0.902. The highest BCUT2D eigenvalue weighted by atomic mass is 35.6. The van der Waals surface area contributed by atoms with Crippen LogP contribution in [-0.4, -0.2) is 10.4 Å². The molecule has 0 unspecified atom stereocenters. The van der Waals surface area contributed by atoms with Gasteiger partial charge >= 0.3 is 10.4 Å². The van der Waals surface area contributed by atoms with E-state index >= 15 is 0 Å². The van der Waals surface area contributed by atoms with Gasteiger partial charge in [0.15, 0.2) is 0 Å². The molecule has 3 nitrogen and oxygen atoms in total. The summed E-state index contributed by atoms with van der Waals surface area (Å²) in [4.78, 5) is 13.3. The van der Waals surface area contributed by atoms with Crippen molar-refractivity contribution in [2.45, 2.75) is 3.98 Å². The number of rotatable bonds is 2. The van der Waals surface area contributed by atoms with Gasteiger partial charge < -0.3 is 0 Å². The topological polar surface area (TPSA) is 38.3 Å². The Bertz CT molecular complexity index is 79.8. The summed E-state index contributed by atoms with van der Waals surface area (Å²) in [7, 11) is 0. The number of hydroxylamine groups is 1. The molecule has 0 rings (SSSR count). The van der Waals surface area contributed by atoms with Crippen LogP contribution in [0.1, 0.15) is 0 Å². The molecule has 0 bridgehead atoms. The minimum atomic E-state index is -1.91. The van der Waals surface area contributed by atoms with Crippen molar-refractivity contribution in [1.29, 1.82) is 0 Å². The average molecular weight is 177 g/mol. The lowest BCUT2D eigenvalue weighted by Gasteiger charge is -2.06. The van der Waals surface area contributed by atoms with E-state index in [9.17, 15) is 4.79 Å². The van der Waals surface area contributed by atoms with Crippen LogP contribution in [-0.2, 0) is 9.63 Å². The van der Waals surface area contributed by atoms with Crippen molar-refractivity contribution >= 4 is 41.2 Å². The molecule has 0 aromatic rings. The van der Waals surface area contributed by atoms with Crippen LogP contribution in [0, 0.1) is 0 Å². The number of amides is 1. The summed E-state index contributed by atoms with van der Waals surface area (Å²) in [5, 5.41) is 0. The van der Waals surface area contributed by atoms with Crippen LogP contribution >= 0.6 is 34.8 Å². The highest BCUT2D eigenvalue weighted by molar-refractivity contribution is 6.66. The smallest absolute Gasteiger partial charge is 0.261 e. The summed E-state index contributed by atoms with van der Waals surface area (Å²) in [5.41, 5.74) is 1.59. The van der Waals surface area contributed by atoms with Crippen LogP contribution < -0.4 is 5.48 Å². The first-order valence-corrected chi connectivity index (χ1v) is 2.56. The molecule has 47 valence electrons. The van der Waals surface area contributed by atoms with Gasteiger partial charge in [-0.05, 0) is 0 Å². The van der Waals surface area contributed by atoms with Crippen LogP contribution in [0.2, 0.25) is 0 Å². The molecular formula is C2HCl3NO2. The summed E-state index contributed by atoms with van der Waals surface area (Å²) in [6, 6.07) is 0. The highest BCUT2D eigenvalue weighted by Crippen LogP contribution is 2.25. The lowest BCUT2D eigenvalue weighted by atomic mass is 11.4. The van der Waals surface area contributed by atoms with Crippen molar-refractivity contribution in [2.75, 3.05) is 0 Å². The van der Waals surface area contributed by atoms with E-state index in [1.54, 1.807) is 5.48 Å². The van der Waals surface area contributed by atoms with E-state index in [-0.39, 0.29) is 0 Å². The van der Waals surface area contributed by atoms with Gasteiger partial charge in [-0.15, -0.1) is 0 Å². The van der Waals surface area contributed by atoms with Gasteiger partial charge in [-0.1, -0.05) is 34.8 Å². The van der Waals surface area contributed by atoms with Crippen molar-refractivity contribution in [3.8, 4) is 0 Å². The molecule has 1 radical (unpaired) electrons. The molecule has 6 heteroatoms. The predicted molar refractivity (Wildman–Crippen MR) is 30.2 cm³/mol. The SMILES string of the molecule is O=[C]NOC(Cl)(Cl)Cl.